The van der Waals surface area contributed by atoms with E-state index < -0.39 is 33.3 Å². The topological polar surface area (TPSA) is 147 Å². The highest BCUT2D eigenvalue weighted by atomic mass is 16.6. The first-order valence-electron chi connectivity index (χ1n) is 13.2. The van der Waals surface area contributed by atoms with Gasteiger partial charge in [0.05, 0.1) is 27.0 Å². The van der Waals surface area contributed by atoms with Crippen molar-refractivity contribution in [2.75, 3.05) is 26.2 Å². The molecule has 0 radical (unpaired) electrons. The average Bonchev–Trinajstić information content (AvgIpc) is 3.18. The molecule has 3 rings (SSSR count). The molecule has 1 amide bonds. The molecule has 11 nitrogen and oxygen atoms in total. The molecule has 208 valence electrons. The molecular formula is C28H34N4O7. The van der Waals surface area contributed by atoms with E-state index in [4.69, 9.17) is 0 Å². The molecule has 39 heavy (non-hydrogen) atoms. The van der Waals surface area contributed by atoms with Gasteiger partial charge in [-0.05, 0) is 45.0 Å². The third kappa shape index (κ3) is 6.85. The van der Waals surface area contributed by atoms with Crippen LogP contribution in [0.15, 0.2) is 54.1 Å². The number of likely N-dealkylation sites (tertiary alicyclic amines) is 1. The summed E-state index contributed by atoms with van der Waals surface area (Å²) in [6.07, 6.45) is 4.69. The van der Waals surface area contributed by atoms with Gasteiger partial charge in [0.1, 0.15) is 5.76 Å². The molecule has 0 aliphatic carbocycles. The van der Waals surface area contributed by atoms with Gasteiger partial charge in [0.25, 0.3) is 23.1 Å². The number of rotatable bonds is 14. The van der Waals surface area contributed by atoms with E-state index in [9.17, 15) is 34.9 Å². The Morgan fingerprint density at radius 2 is 1.56 bits per heavy atom. The minimum absolute atomic E-state index is 0.0314. The highest BCUT2D eigenvalue weighted by Crippen LogP contribution is 2.42. The number of carbonyl (C=O) groups is 2. The number of carbonyl (C=O) groups excluding carboxylic acids is 2. The Morgan fingerprint density at radius 1 is 0.923 bits per heavy atom. The van der Waals surface area contributed by atoms with Crippen LogP contribution < -0.4 is 0 Å². The molecule has 2 aromatic rings. The Labute approximate surface area is 227 Å². The van der Waals surface area contributed by atoms with Gasteiger partial charge < -0.3 is 14.9 Å². The zero-order valence-electron chi connectivity index (χ0n) is 22.2. The number of nitrogens with zero attached hydrogens (tertiary/aromatic N) is 4. The fourth-order valence-electron chi connectivity index (χ4n) is 4.80. The monoisotopic (exact) mass is 538 g/mol. The number of aliphatic hydroxyl groups excluding tert-OH is 1. The molecule has 0 saturated carbocycles. The van der Waals surface area contributed by atoms with Crippen LogP contribution in [0.1, 0.15) is 63.1 Å². The van der Waals surface area contributed by atoms with Gasteiger partial charge in [-0.2, -0.15) is 0 Å². The third-order valence-corrected chi connectivity index (χ3v) is 6.83. The predicted molar refractivity (Wildman–Crippen MR) is 146 cm³/mol. The quantitative estimate of drug-likeness (QED) is 0.113. The van der Waals surface area contributed by atoms with E-state index in [1.807, 2.05) is 0 Å². The number of hydrogen-bond acceptors (Lipinski definition) is 8. The molecule has 1 atom stereocenters. The maximum absolute atomic E-state index is 13.3. The summed E-state index contributed by atoms with van der Waals surface area (Å²) in [7, 11) is 0. The number of non-ortho nitro benzene ring substituents is 1. The van der Waals surface area contributed by atoms with Crippen molar-refractivity contribution in [1.29, 1.82) is 0 Å². The first kappa shape index (κ1) is 29.4. The predicted octanol–water partition coefficient (Wildman–Crippen LogP) is 5.22. The minimum Gasteiger partial charge on any atom is -0.507 e. The summed E-state index contributed by atoms with van der Waals surface area (Å²) in [5.74, 6) is -2.48. The number of benzene rings is 2. The molecule has 2 aromatic carbocycles. The van der Waals surface area contributed by atoms with Crippen molar-refractivity contribution >= 4 is 28.8 Å². The maximum Gasteiger partial charge on any atom is 0.295 e. The van der Waals surface area contributed by atoms with Crippen molar-refractivity contribution in [1.82, 2.24) is 9.80 Å². The fraction of sp³-hybridized carbons (Fsp3) is 0.429. The zero-order chi connectivity index (χ0) is 28.5. The van der Waals surface area contributed by atoms with Gasteiger partial charge in [-0.15, -0.1) is 0 Å². The Hall–Kier alpha value is -4.12. The number of ketones is 1. The lowest BCUT2D eigenvalue weighted by Gasteiger charge is -2.27. The number of hydrogen-bond donors (Lipinski definition) is 1. The van der Waals surface area contributed by atoms with Crippen LogP contribution in [0.3, 0.4) is 0 Å². The van der Waals surface area contributed by atoms with Crippen LogP contribution in [-0.2, 0) is 9.59 Å². The SMILES string of the molecule is CCCCN(CCCC)CCCN1C(=O)C(=O)/C(=C(\O)c2cccc([N+](=O)[O-])c2)C1c1ccccc1[N+](=O)[O-]. The Bertz CT molecular complexity index is 1250. The van der Waals surface area contributed by atoms with E-state index in [1.54, 1.807) is 6.07 Å². The van der Waals surface area contributed by atoms with Crippen LogP contribution in [0.5, 0.6) is 0 Å². The molecule has 1 N–H and O–H groups in total. The lowest BCUT2D eigenvalue weighted by molar-refractivity contribution is -0.385. The van der Waals surface area contributed by atoms with E-state index in [0.29, 0.717) is 13.0 Å². The molecule has 1 aliphatic rings. The second-order valence-electron chi connectivity index (χ2n) is 9.52. The van der Waals surface area contributed by atoms with Gasteiger partial charge in [-0.3, -0.25) is 29.8 Å². The summed E-state index contributed by atoms with van der Waals surface area (Å²) in [6.45, 7) is 6.88. The summed E-state index contributed by atoms with van der Waals surface area (Å²) in [6, 6.07) is 9.62. The maximum atomic E-state index is 13.3. The summed E-state index contributed by atoms with van der Waals surface area (Å²) >= 11 is 0. The van der Waals surface area contributed by atoms with Crippen LogP contribution in [0.25, 0.3) is 5.76 Å². The molecule has 1 fully saturated rings. The van der Waals surface area contributed by atoms with Gasteiger partial charge in [-0.1, -0.05) is 51.0 Å². The Kier molecular flexibility index (Phi) is 10.3. The normalized spacial score (nSPS) is 16.7. The first-order chi connectivity index (χ1) is 18.7. The number of Topliss-reactive ketones (excluding diaryl/α,β-unsaturated/α-hetero) is 1. The van der Waals surface area contributed by atoms with Gasteiger partial charge in [-0.25, -0.2) is 0 Å². The van der Waals surface area contributed by atoms with E-state index in [-0.39, 0.29) is 34.6 Å². The number of para-hydroxylation sites is 1. The van der Waals surface area contributed by atoms with Crippen molar-refractivity contribution in [2.24, 2.45) is 0 Å². The van der Waals surface area contributed by atoms with Crippen LogP contribution in [-0.4, -0.2) is 62.6 Å². The smallest absolute Gasteiger partial charge is 0.295 e. The largest absolute Gasteiger partial charge is 0.507 e. The van der Waals surface area contributed by atoms with E-state index in [0.717, 1.165) is 44.8 Å². The van der Waals surface area contributed by atoms with E-state index in [2.05, 4.69) is 18.7 Å². The van der Waals surface area contributed by atoms with E-state index in [1.165, 1.54) is 41.3 Å². The average molecular weight is 539 g/mol. The molecule has 0 spiro atoms. The number of nitro groups is 2. The molecule has 1 saturated heterocycles. The Morgan fingerprint density at radius 3 is 2.18 bits per heavy atom. The number of amides is 1. The second-order valence-corrected chi connectivity index (χ2v) is 9.52. The summed E-state index contributed by atoms with van der Waals surface area (Å²) < 4.78 is 0. The zero-order valence-corrected chi connectivity index (χ0v) is 22.2. The number of aliphatic hydroxyl groups is 1. The molecule has 1 unspecified atom stereocenters. The van der Waals surface area contributed by atoms with Gasteiger partial charge in [0.2, 0.25) is 0 Å². The summed E-state index contributed by atoms with van der Waals surface area (Å²) in [5, 5.41) is 34.3. The van der Waals surface area contributed by atoms with Crippen LogP contribution in [0, 0.1) is 20.2 Å². The van der Waals surface area contributed by atoms with E-state index >= 15 is 0 Å². The summed E-state index contributed by atoms with van der Waals surface area (Å²) in [5.41, 5.74) is -0.885. The van der Waals surface area contributed by atoms with Crippen molar-refractivity contribution in [2.45, 2.75) is 52.0 Å². The van der Waals surface area contributed by atoms with Gasteiger partial charge >= 0.3 is 0 Å². The lowest BCUT2D eigenvalue weighted by Crippen LogP contribution is -2.34. The Balaban J connectivity index is 2.04. The number of nitro benzene ring substituents is 2. The van der Waals surface area contributed by atoms with Crippen LogP contribution in [0.2, 0.25) is 0 Å². The minimum atomic E-state index is -1.22. The van der Waals surface area contributed by atoms with Crippen LogP contribution in [0.4, 0.5) is 11.4 Å². The standard InChI is InChI=1S/C28H34N4O7/c1-3-5-15-29(16-6-4-2)17-10-18-30-25(22-13-7-8-14-23(22)32(38)39)24(27(34)28(30)35)26(33)20-11-9-12-21(19-20)31(36)37/h7-9,11-14,19,25,33H,3-6,10,15-18H2,1-2H3/b26-24-. The number of unbranched alkanes of at least 4 members (excludes halogenated alkanes) is 2. The van der Waals surface area contributed by atoms with Gasteiger partial charge in [0.15, 0.2) is 0 Å². The molecule has 0 aromatic heterocycles. The van der Waals surface area contributed by atoms with Crippen molar-refractivity contribution in [3.8, 4) is 0 Å². The molecule has 11 heteroatoms. The van der Waals surface area contributed by atoms with Crippen LogP contribution >= 0.6 is 0 Å². The molecular weight excluding hydrogens is 504 g/mol. The fourth-order valence-corrected chi connectivity index (χ4v) is 4.80. The highest BCUT2D eigenvalue weighted by Gasteiger charge is 2.47. The van der Waals surface area contributed by atoms with Crippen molar-refractivity contribution in [3.63, 3.8) is 0 Å². The highest BCUT2D eigenvalue weighted by molar-refractivity contribution is 6.46. The lowest BCUT2D eigenvalue weighted by atomic mass is 9.94. The third-order valence-electron chi connectivity index (χ3n) is 6.83. The molecule has 0 bridgehead atoms. The van der Waals surface area contributed by atoms with Crippen molar-refractivity contribution in [3.05, 3.63) is 85.5 Å². The van der Waals surface area contributed by atoms with Crippen molar-refractivity contribution < 1.29 is 24.5 Å². The molecule has 1 heterocycles. The van der Waals surface area contributed by atoms with Gasteiger partial charge in [0, 0.05) is 30.3 Å². The second kappa shape index (κ2) is 13.6. The first-order valence-corrected chi connectivity index (χ1v) is 13.2. The summed E-state index contributed by atoms with van der Waals surface area (Å²) in [4.78, 5) is 52.0. The molecule has 1 aliphatic heterocycles.